The van der Waals surface area contributed by atoms with E-state index in [4.69, 9.17) is 21.3 Å². The van der Waals surface area contributed by atoms with Crippen molar-refractivity contribution in [2.24, 2.45) is 0 Å². The Hall–Kier alpha value is -2.15. The second-order valence-electron chi connectivity index (χ2n) is 6.67. The molecule has 0 N–H and O–H groups in total. The summed E-state index contributed by atoms with van der Waals surface area (Å²) >= 11 is 7.79. The summed E-state index contributed by atoms with van der Waals surface area (Å²) < 4.78 is 6.31. The SMILES string of the molecule is CCN(CC)CCN(C(=O)Cc1ccccc1Cl)c1nc2ccc(OC)cc2s1. The molecule has 0 fully saturated rings. The lowest BCUT2D eigenvalue weighted by Crippen LogP contribution is -2.39. The van der Waals surface area contributed by atoms with Crippen LogP contribution in [0.5, 0.6) is 5.75 Å². The van der Waals surface area contributed by atoms with Crippen LogP contribution in [-0.4, -0.2) is 49.1 Å². The summed E-state index contributed by atoms with van der Waals surface area (Å²) in [5, 5.41) is 1.32. The van der Waals surface area contributed by atoms with Crippen LogP contribution < -0.4 is 9.64 Å². The van der Waals surface area contributed by atoms with Gasteiger partial charge in [0.25, 0.3) is 0 Å². The topological polar surface area (TPSA) is 45.7 Å². The van der Waals surface area contributed by atoms with E-state index in [1.165, 1.54) is 11.3 Å². The van der Waals surface area contributed by atoms with Crippen LogP contribution in [0.25, 0.3) is 10.2 Å². The third-order valence-corrected chi connectivity index (χ3v) is 6.36. The first-order chi connectivity index (χ1) is 14.0. The second-order valence-corrected chi connectivity index (χ2v) is 8.09. The number of halogens is 1. The van der Waals surface area contributed by atoms with Gasteiger partial charge in [-0.2, -0.15) is 0 Å². The minimum absolute atomic E-state index is 0.00345. The lowest BCUT2D eigenvalue weighted by atomic mass is 10.1. The fraction of sp³-hybridized carbons (Fsp3) is 0.364. The van der Waals surface area contributed by atoms with Crippen LogP contribution in [-0.2, 0) is 11.2 Å². The summed E-state index contributed by atoms with van der Waals surface area (Å²) in [4.78, 5) is 22.1. The molecule has 0 radical (unpaired) electrons. The largest absolute Gasteiger partial charge is 0.497 e. The summed E-state index contributed by atoms with van der Waals surface area (Å²) in [6, 6.07) is 13.2. The van der Waals surface area contributed by atoms with Crippen LogP contribution in [0.15, 0.2) is 42.5 Å². The van der Waals surface area contributed by atoms with Crippen molar-refractivity contribution in [1.82, 2.24) is 9.88 Å². The standard InChI is InChI=1S/C22H26ClN3O2S/c1-4-25(5-2)12-13-26(21(27)14-16-8-6-7-9-18(16)23)22-24-19-11-10-17(28-3)15-20(19)29-22/h6-11,15H,4-5,12-14H2,1-3H3. The maximum Gasteiger partial charge on any atom is 0.233 e. The van der Waals surface area contributed by atoms with E-state index in [0.29, 0.717) is 16.7 Å². The molecule has 2 aromatic carbocycles. The molecule has 1 heterocycles. The fourth-order valence-corrected chi connectivity index (χ4v) is 4.38. The van der Waals surface area contributed by atoms with E-state index in [2.05, 4.69) is 18.7 Å². The number of likely N-dealkylation sites (N-methyl/N-ethyl adjacent to an activating group) is 1. The Bertz CT molecular complexity index is 972. The van der Waals surface area contributed by atoms with Crippen molar-refractivity contribution in [1.29, 1.82) is 0 Å². The molecule has 0 aliphatic heterocycles. The number of hydrogen-bond donors (Lipinski definition) is 0. The Morgan fingerprint density at radius 1 is 1.14 bits per heavy atom. The number of anilines is 1. The molecule has 0 spiro atoms. The molecule has 0 saturated carbocycles. The molecule has 5 nitrogen and oxygen atoms in total. The van der Waals surface area contributed by atoms with E-state index >= 15 is 0 Å². The Balaban J connectivity index is 1.89. The first-order valence-electron chi connectivity index (χ1n) is 9.76. The average molecular weight is 432 g/mol. The number of aromatic nitrogens is 1. The van der Waals surface area contributed by atoms with Crippen LogP contribution in [0.1, 0.15) is 19.4 Å². The maximum absolute atomic E-state index is 13.2. The molecule has 1 aromatic heterocycles. The Kier molecular flexibility index (Phi) is 7.47. The number of fused-ring (bicyclic) bond motifs is 1. The minimum Gasteiger partial charge on any atom is -0.497 e. The van der Waals surface area contributed by atoms with Crippen LogP contribution >= 0.6 is 22.9 Å². The molecule has 0 atom stereocenters. The zero-order chi connectivity index (χ0) is 20.8. The lowest BCUT2D eigenvalue weighted by Gasteiger charge is -2.25. The molecule has 0 bridgehead atoms. The fourth-order valence-electron chi connectivity index (χ4n) is 3.14. The highest BCUT2D eigenvalue weighted by atomic mass is 35.5. The van der Waals surface area contributed by atoms with Gasteiger partial charge < -0.3 is 9.64 Å². The van der Waals surface area contributed by atoms with Gasteiger partial charge in [0, 0.05) is 18.1 Å². The van der Waals surface area contributed by atoms with Crippen LogP contribution in [0.2, 0.25) is 5.02 Å². The Morgan fingerprint density at radius 3 is 2.59 bits per heavy atom. The summed E-state index contributed by atoms with van der Waals surface area (Å²) in [7, 11) is 1.65. The quantitative estimate of drug-likeness (QED) is 0.484. The van der Waals surface area contributed by atoms with Crippen LogP contribution in [0, 0.1) is 0 Å². The molecule has 3 rings (SSSR count). The van der Waals surface area contributed by atoms with Gasteiger partial charge in [0.2, 0.25) is 5.91 Å². The second kappa shape index (κ2) is 10.1. The number of ether oxygens (including phenoxy) is 1. The van der Waals surface area contributed by atoms with Gasteiger partial charge in [0.1, 0.15) is 5.75 Å². The van der Waals surface area contributed by atoms with Gasteiger partial charge in [-0.3, -0.25) is 9.69 Å². The van der Waals surface area contributed by atoms with Gasteiger partial charge >= 0.3 is 0 Å². The molecule has 0 aliphatic rings. The van der Waals surface area contributed by atoms with Gasteiger partial charge in [-0.05, 0) is 42.9 Å². The molecule has 154 valence electrons. The smallest absolute Gasteiger partial charge is 0.233 e. The van der Waals surface area contributed by atoms with Crippen molar-refractivity contribution in [3.63, 3.8) is 0 Å². The number of carbonyl (C=O) groups excluding carboxylic acids is 1. The first kappa shape index (κ1) is 21.6. The van der Waals surface area contributed by atoms with E-state index in [-0.39, 0.29) is 12.3 Å². The van der Waals surface area contributed by atoms with Gasteiger partial charge in [0.05, 0.1) is 23.7 Å². The zero-order valence-electron chi connectivity index (χ0n) is 17.0. The number of thiazole rings is 1. The van der Waals surface area contributed by atoms with E-state index in [1.807, 2.05) is 42.5 Å². The number of hydrogen-bond acceptors (Lipinski definition) is 5. The normalized spacial score (nSPS) is 11.2. The molecule has 3 aromatic rings. The van der Waals surface area contributed by atoms with Crippen molar-refractivity contribution < 1.29 is 9.53 Å². The van der Waals surface area contributed by atoms with E-state index in [9.17, 15) is 4.79 Å². The molecule has 1 amide bonds. The van der Waals surface area contributed by atoms with Crippen LogP contribution in [0.4, 0.5) is 5.13 Å². The predicted molar refractivity (Wildman–Crippen MR) is 121 cm³/mol. The molecule has 0 aliphatic carbocycles. The average Bonchev–Trinajstić information content (AvgIpc) is 3.15. The van der Waals surface area contributed by atoms with Crippen molar-refractivity contribution in [3.05, 3.63) is 53.1 Å². The number of carbonyl (C=O) groups is 1. The monoisotopic (exact) mass is 431 g/mol. The summed E-state index contributed by atoms with van der Waals surface area (Å²) in [6.45, 7) is 7.52. The summed E-state index contributed by atoms with van der Waals surface area (Å²) in [5.74, 6) is 0.779. The summed E-state index contributed by atoms with van der Waals surface area (Å²) in [6.07, 6.45) is 0.247. The van der Waals surface area contributed by atoms with E-state index in [1.54, 1.807) is 12.0 Å². The van der Waals surface area contributed by atoms with Crippen LogP contribution in [0.3, 0.4) is 0 Å². The highest BCUT2D eigenvalue weighted by molar-refractivity contribution is 7.22. The highest BCUT2D eigenvalue weighted by Gasteiger charge is 2.21. The minimum atomic E-state index is -0.00345. The molecule has 29 heavy (non-hydrogen) atoms. The predicted octanol–water partition coefficient (Wildman–Crippen LogP) is 4.88. The zero-order valence-corrected chi connectivity index (χ0v) is 18.6. The summed E-state index contributed by atoms with van der Waals surface area (Å²) in [5.41, 5.74) is 1.69. The third kappa shape index (κ3) is 5.26. The van der Waals surface area contributed by atoms with Crippen molar-refractivity contribution in [3.8, 4) is 5.75 Å². The van der Waals surface area contributed by atoms with Crippen molar-refractivity contribution >= 4 is 44.2 Å². The van der Waals surface area contributed by atoms with Crippen molar-refractivity contribution in [2.75, 3.05) is 38.2 Å². The van der Waals surface area contributed by atoms with E-state index < -0.39 is 0 Å². The number of amides is 1. The molecule has 0 saturated heterocycles. The molecule has 7 heteroatoms. The Morgan fingerprint density at radius 2 is 1.90 bits per heavy atom. The Labute approximate surface area is 180 Å². The van der Waals surface area contributed by atoms with E-state index in [0.717, 1.165) is 41.2 Å². The van der Waals surface area contributed by atoms with Crippen molar-refractivity contribution in [2.45, 2.75) is 20.3 Å². The van der Waals surface area contributed by atoms with Gasteiger partial charge in [-0.25, -0.2) is 4.98 Å². The van der Waals surface area contributed by atoms with Gasteiger partial charge in [0.15, 0.2) is 5.13 Å². The number of rotatable bonds is 9. The third-order valence-electron chi connectivity index (χ3n) is 4.95. The molecular formula is C22H26ClN3O2S. The highest BCUT2D eigenvalue weighted by Crippen LogP contribution is 2.32. The number of nitrogens with zero attached hydrogens (tertiary/aromatic N) is 3. The number of methoxy groups -OCH3 is 1. The number of benzene rings is 2. The first-order valence-corrected chi connectivity index (χ1v) is 11.0. The lowest BCUT2D eigenvalue weighted by molar-refractivity contribution is -0.118. The maximum atomic E-state index is 13.2. The van der Waals surface area contributed by atoms with Gasteiger partial charge in [-0.15, -0.1) is 0 Å². The molecular weight excluding hydrogens is 406 g/mol. The van der Waals surface area contributed by atoms with Gasteiger partial charge in [-0.1, -0.05) is 55.0 Å². The molecule has 0 unspecified atom stereocenters.